The molecule has 0 saturated carbocycles. The third-order valence-corrected chi connectivity index (χ3v) is 8.41. The van der Waals surface area contributed by atoms with Crippen molar-refractivity contribution in [3.8, 4) is 44.5 Å². The Kier molecular flexibility index (Phi) is 5.90. The van der Waals surface area contributed by atoms with Gasteiger partial charge >= 0.3 is 0 Å². The maximum absolute atomic E-state index is 2.41. The second-order valence-electron chi connectivity index (χ2n) is 10.9. The van der Waals surface area contributed by atoms with E-state index in [2.05, 4.69) is 170 Å². The summed E-state index contributed by atoms with van der Waals surface area (Å²) in [5, 5.41) is 7.75. The number of hydrogen-bond acceptors (Lipinski definition) is 0. The molecule has 0 aromatic heterocycles. The van der Waals surface area contributed by atoms with E-state index in [1.165, 1.54) is 76.8 Å². The van der Waals surface area contributed by atoms with Crippen molar-refractivity contribution in [2.24, 2.45) is 0 Å². The molecule has 0 saturated heterocycles. The van der Waals surface area contributed by atoms with Crippen molar-refractivity contribution in [2.45, 2.75) is 0 Å². The Hall–Kier alpha value is -5.46. The largest absolute Gasteiger partial charge is 0.0622 e. The van der Waals surface area contributed by atoms with Gasteiger partial charge in [-0.2, -0.15) is 0 Å². The Labute approximate surface area is 246 Å². The lowest BCUT2D eigenvalue weighted by molar-refractivity contribution is 1.57. The van der Waals surface area contributed by atoms with Gasteiger partial charge in [0.15, 0.2) is 0 Å². The van der Waals surface area contributed by atoms with Crippen molar-refractivity contribution in [3.05, 3.63) is 170 Å². The van der Waals surface area contributed by atoms with E-state index in [-0.39, 0.29) is 0 Å². The standard InChI is InChI=1S/C42H28/c1-4-14-29(15-5-1)32-24-33(30-16-6-2-7-17-30)26-34(25-32)35-27-40(31-18-8-3-9-19-31)42-39-23-13-12-21-37(39)36-20-10-11-22-38(36)41(42)28-35/h1-28H. The molecular weight excluding hydrogens is 504 g/mol. The molecule has 42 heavy (non-hydrogen) atoms. The Morgan fingerprint density at radius 2 is 0.571 bits per heavy atom. The normalized spacial score (nSPS) is 11.3. The molecule has 8 rings (SSSR count). The molecule has 8 aromatic rings. The summed E-state index contributed by atoms with van der Waals surface area (Å²) in [6, 6.07) is 61.8. The van der Waals surface area contributed by atoms with Crippen LogP contribution in [0.1, 0.15) is 0 Å². The molecule has 196 valence electrons. The molecule has 0 aliphatic rings. The molecule has 0 amide bonds. The molecule has 0 fully saturated rings. The summed E-state index contributed by atoms with van der Waals surface area (Å²) in [6.07, 6.45) is 0. The van der Waals surface area contributed by atoms with Gasteiger partial charge in [0, 0.05) is 0 Å². The van der Waals surface area contributed by atoms with Crippen LogP contribution in [0.5, 0.6) is 0 Å². The fraction of sp³-hybridized carbons (Fsp3) is 0. The van der Waals surface area contributed by atoms with Crippen molar-refractivity contribution >= 4 is 32.3 Å². The van der Waals surface area contributed by atoms with Gasteiger partial charge in [-0.25, -0.2) is 0 Å². The van der Waals surface area contributed by atoms with Crippen molar-refractivity contribution in [1.82, 2.24) is 0 Å². The van der Waals surface area contributed by atoms with E-state index in [9.17, 15) is 0 Å². The highest BCUT2D eigenvalue weighted by Crippen LogP contribution is 2.43. The molecular formula is C42H28. The average molecular weight is 533 g/mol. The lowest BCUT2D eigenvalue weighted by atomic mass is 9.86. The minimum absolute atomic E-state index is 1.21. The zero-order valence-electron chi connectivity index (χ0n) is 23.2. The summed E-state index contributed by atoms with van der Waals surface area (Å²) in [5.74, 6) is 0. The fourth-order valence-corrected chi connectivity index (χ4v) is 6.43. The first-order chi connectivity index (χ1) is 20.8. The number of benzene rings is 8. The van der Waals surface area contributed by atoms with Crippen molar-refractivity contribution in [1.29, 1.82) is 0 Å². The Morgan fingerprint density at radius 1 is 0.214 bits per heavy atom. The topological polar surface area (TPSA) is 0 Å². The predicted octanol–water partition coefficient (Wildman–Crippen LogP) is 11.8. The van der Waals surface area contributed by atoms with Crippen LogP contribution in [-0.4, -0.2) is 0 Å². The average Bonchev–Trinajstić information content (AvgIpc) is 3.09. The quantitative estimate of drug-likeness (QED) is 0.198. The van der Waals surface area contributed by atoms with Gasteiger partial charge in [0.25, 0.3) is 0 Å². The van der Waals surface area contributed by atoms with E-state index in [4.69, 9.17) is 0 Å². The van der Waals surface area contributed by atoms with Gasteiger partial charge in [0.2, 0.25) is 0 Å². The van der Waals surface area contributed by atoms with Crippen LogP contribution in [-0.2, 0) is 0 Å². The molecule has 0 unspecified atom stereocenters. The molecule has 0 bridgehead atoms. The molecule has 0 aliphatic heterocycles. The number of hydrogen-bond donors (Lipinski definition) is 0. The van der Waals surface area contributed by atoms with Gasteiger partial charge in [-0.15, -0.1) is 0 Å². The summed E-state index contributed by atoms with van der Waals surface area (Å²) >= 11 is 0. The van der Waals surface area contributed by atoms with Crippen LogP contribution < -0.4 is 0 Å². The molecule has 0 aliphatic carbocycles. The van der Waals surface area contributed by atoms with Gasteiger partial charge < -0.3 is 0 Å². The predicted molar refractivity (Wildman–Crippen MR) is 181 cm³/mol. The number of fused-ring (bicyclic) bond motifs is 6. The summed E-state index contributed by atoms with van der Waals surface area (Å²) < 4.78 is 0. The number of rotatable bonds is 4. The van der Waals surface area contributed by atoms with E-state index < -0.39 is 0 Å². The first kappa shape index (κ1) is 24.3. The van der Waals surface area contributed by atoms with Crippen LogP contribution in [0.4, 0.5) is 0 Å². The minimum atomic E-state index is 1.21. The van der Waals surface area contributed by atoms with Crippen molar-refractivity contribution in [2.75, 3.05) is 0 Å². The fourth-order valence-electron chi connectivity index (χ4n) is 6.43. The second-order valence-corrected chi connectivity index (χ2v) is 10.9. The van der Waals surface area contributed by atoms with Crippen LogP contribution in [0, 0.1) is 0 Å². The van der Waals surface area contributed by atoms with Gasteiger partial charge in [0.05, 0.1) is 0 Å². The molecule has 0 radical (unpaired) electrons. The molecule has 0 heteroatoms. The van der Waals surface area contributed by atoms with Crippen LogP contribution in [0.3, 0.4) is 0 Å². The van der Waals surface area contributed by atoms with E-state index in [1.807, 2.05) is 0 Å². The van der Waals surface area contributed by atoms with Crippen LogP contribution in [0.15, 0.2) is 170 Å². The van der Waals surface area contributed by atoms with Gasteiger partial charge in [-0.3, -0.25) is 0 Å². The van der Waals surface area contributed by atoms with Gasteiger partial charge in [0.1, 0.15) is 0 Å². The maximum atomic E-state index is 2.41. The summed E-state index contributed by atoms with van der Waals surface area (Å²) in [6.45, 7) is 0. The van der Waals surface area contributed by atoms with E-state index in [0.717, 1.165) is 0 Å². The first-order valence-corrected chi connectivity index (χ1v) is 14.5. The molecule has 0 atom stereocenters. The third-order valence-electron chi connectivity index (χ3n) is 8.41. The smallest absolute Gasteiger partial charge is 0.00199 e. The molecule has 0 spiro atoms. The van der Waals surface area contributed by atoms with Crippen molar-refractivity contribution < 1.29 is 0 Å². The van der Waals surface area contributed by atoms with Gasteiger partial charge in [-0.05, 0) is 107 Å². The highest BCUT2D eigenvalue weighted by molar-refractivity contribution is 6.29. The molecule has 0 N–H and O–H groups in total. The highest BCUT2D eigenvalue weighted by atomic mass is 14.2. The summed E-state index contributed by atoms with van der Waals surface area (Å²) in [5.41, 5.74) is 9.80. The van der Waals surface area contributed by atoms with E-state index >= 15 is 0 Å². The van der Waals surface area contributed by atoms with Crippen LogP contribution in [0.25, 0.3) is 76.8 Å². The zero-order valence-corrected chi connectivity index (χ0v) is 23.2. The van der Waals surface area contributed by atoms with Gasteiger partial charge in [-0.1, -0.05) is 140 Å². The van der Waals surface area contributed by atoms with E-state index in [0.29, 0.717) is 0 Å². The monoisotopic (exact) mass is 532 g/mol. The minimum Gasteiger partial charge on any atom is -0.0622 e. The molecule has 0 nitrogen and oxygen atoms in total. The zero-order chi connectivity index (χ0) is 27.9. The van der Waals surface area contributed by atoms with Crippen LogP contribution >= 0.6 is 0 Å². The first-order valence-electron chi connectivity index (χ1n) is 14.5. The molecule has 0 heterocycles. The molecule has 8 aromatic carbocycles. The van der Waals surface area contributed by atoms with E-state index in [1.54, 1.807) is 0 Å². The highest BCUT2D eigenvalue weighted by Gasteiger charge is 2.16. The second kappa shape index (κ2) is 10.2. The Bertz CT molecular complexity index is 2150. The SMILES string of the molecule is c1ccc(-c2cc(-c3ccccc3)cc(-c3cc(-c4ccccc4)c4c5ccccc5c5ccccc5c4c3)c2)cc1. The third kappa shape index (κ3) is 4.17. The lowest BCUT2D eigenvalue weighted by Crippen LogP contribution is -1.91. The lowest BCUT2D eigenvalue weighted by Gasteiger charge is -2.18. The summed E-state index contributed by atoms with van der Waals surface area (Å²) in [4.78, 5) is 0. The summed E-state index contributed by atoms with van der Waals surface area (Å²) in [7, 11) is 0. The maximum Gasteiger partial charge on any atom is -0.00199 e. The Morgan fingerprint density at radius 3 is 1.10 bits per heavy atom. The van der Waals surface area contributed by atoms with Crippen LogP contribution in [0.2, 0.25) is 0 Å². The Balaban J connectivity index is 1.49. The van der Waals surface area contributed by atoms with Crippen molar-refractivity contribution in [3.63, 3.8) is 0 Å².